The van der Waals surface area contributed by atoms with Crippen LogP contribution in [0.1, 0.15) is 5.56 Å². The van der Waals surface area contributed by atoms with Gasteiger partial charge in [0.25, 0.3) is 5.69 Å². The third kappa shape index (κ3) is 4.69. The zero-order valence-corrected chi connectivity index (χ0v) is 17.5. The molecule has 0 aliphatic carbocycles. The number of amides is 1. The fraction of sp³-hybridized carbons (Fsp3) is 0.278. The molecule has 1 fully saturated rings. The highest BCUT2D eigenvalue weighted by Crippen LogP contribution is 2.31. The van der Waals surface area contributed by atoms with Crippen molar-refractivity contribution in [3.63, 3.8) is 0 Å². The van der Waals surface area contributed by atoms with Gasteiger partial charge in [-0.1, -0.05) is 41.4 Å². The minimum Gasteiger partial charge on any atom is -0.340 e. The molecule has 8 nitrogen and oxygen atoms in total. The van der Waals surface area contributed by atoms with Gasteiger partial charge < -0.3 is 4.90 Å². The van der Waals surface area contributed by atoms with Crippen molar-refractivity contribution < 1.29 is 18.1 Å². The lowest BCUT2D eigenvalue weighted by Gasteiger charge is -2.34. The molecule has 3 rings (SSSR count). The molecule has 11 heteroatoms. The van der Waals surface area contributed by atoms with E-state index in [1.54, 1.807) is 11.0 Å². The Kier molecular flexibility index (Phi) is 6.42. The number of sulfonamides is 1. The monoisotopic (exact) mass is 457 g/mol. The average molecular weight is 458 g/mol. The van der Waals surface area contributed by atoms with E-state index in [0.717, 1.165) is 0 Å². The minimum absolute atomic E-state index is 0.0433. The Labute approximate surface area is 177 Å². The Balaban J connectivity index is 1.64. The molecule has 1 saturated heterocycles. The molecule has 2 aromatic carbocycles. The molecule has 0 N–H and O–H groups in total. The molecule has 0 spiro atoms. The first kappa shape index (κ1) is 21.5. The van der Waals surface area contributed by atoms with Crippen LogP contribution in [0.25, 0.3) is 0 Å². The third-order valence-electron chi connectivity index (χ3n) is 4.61. The molecule has 1 aliphatic heterocycles. The largest absolute Gasteiger partial charge is 0.340 e. The molecule has 0 aromatic heterocycles. The van der Waals surface area contributed by atoms with Gasteiger partial charge in [-0.25, -0.2) is 8.42 Å². The first-order chi connectivity index (χ1) is 13.7. The van der Waals surface area contributed by atoms with Crippen molar-refractivity contribution in [2.45, 2.75) is 11.3 Å². The summed E-state index contributed by atoms with van der Waals surface area (Å²) in [5.74, 6) is -0.174. The zero-order chi connectivity index (χ0) is 21.2. The predicted molar refractivity (Wildman–Crippen MR) is 109 cm³/mol. The maximum Gasteiger partial charge on any atom is 0.269 e. The van der Waals surface area contributed by atoms with Gasteiger partial charge in [0, 0.05) is 38.3 Å². The summed E-state index contributed by atoms with van der Waals surface area (Å²) >= 11 is 12.1. The van der Waals surface area contributed by atoms with Crippen molar-refractivity contribution in [1.29, 1.82) is 0 Å². The van der Waals surface area contributed by atoms with Crippen LogP contribution in [0.5, 0.6) is 0 Å². The average Bonchev–Trinajstić information content (AvgIpc) is 2.68. The molecule has 1 heterocycles. The SMILES string of the molecule is O=C(Cc1ccc([N+](=O)[O-])cc1)N1CCN(S(=O)(=O)c2c(Cl)cccc2Cl)CC1. The fourth-order valence-corrected chi connectivity index (χ4v) is 5.57. The second kappa shape index (κ2) is 8.66. The lowest BCUT2D eigenvalue weighted by Crippen LogP contribution is -2.50. The number of nitro groups is 1. The van der Waals surface area contributed by atoms with E-state index < -0.39 is 14.9 Å². The molecule has 0 atom stereocenters. The van der Waals surface area contributed by atoms with E-state index in [9.17, 15) is 23.3 Å². The van der Waals surface area contributed by atoms with Crippen LogP contribution in [-0.2, 0) is 21.2 Å². The first-order valence-electron chi connectivity index (χ1n) is 8.65. The molecule has 0 saturated carbocycles. The predicted octanol–water partition coefficient (Wildman–Crippen LogP) is 2.98. The summed E-state index contributed by atoms with van der Waals surface area (Å²) < 4.78 is 27.0. The van der Waals surface area contributed by atoms with Crippen molar-refractivity contribution in [3.05, 3.63) is 68.2 Å². The number of non-ortho nitro benzene ring substituents is 1. The van der Waals surface area contributed by atoms with E-state index in [0.29, 0.717) is 5.56 Å². The van der Waals surface area contributed by atoms with Gasteiger partial charge >= 0.3 is 0 Å². The van der Waals surface area contributed by atoms with Gasteiger partial charge in [0.05, 0.1) is 21.4 Å². The Morgan fingerprint density at radius 1 is 1.00 bits per heavy atom. The highest BCUT2D eigenvalue weighted by molar-refractivity contribution is 7.89. The van der Waals surface area contributed by atoms with E-state index in [1.807, 2.05) is 0 Å². The Bertz CT molecular complexity index is 1020. The van der Waals surface area contributed by atoms with Gasteiger partial charge in [-0.2, -0.15) is 4.31 Å². The highest BCUT2D eigenvalue weighted by atomic mass is 35.5. The number of hydrogen-bond donors (Lipinski definition) is 0. The van der Waals surface area contributed by atoms with Gasteiger partial charge in [0.15, 0.2) is 0 Å². The second-order valence-corrected chi connectivity index (χ2v) is 9.13. The zero-order valence-electron chi connectivity index (χ0n) is 15.1. The molecule has 0 unspecified atom stereocenters. The van der Waals surface area contributed by atoms with Crippen LogP contribution in [-0.4, -0.2) is 54.6 Å². The number of benzene rings is 2. The molecule has 2 aromatic rings. The van der Waals surface area contributed by atoms with E-state index in [2.05, 4.69) is 0 Å². The number of carbonyl (C=O) groups is 1. The normalized spacial score (nSPS) is 15.3. The lowest BCUT2D eigenvalue weighted by molar-refractivity contribution is -0.384. The highest BCUT2D eigenvalue weighted by Gasteiger charge is 2.32. The molecule has 0 radical (unpaired) electrons. The van der Waals surface area contributed by atoms with Crippen LogP contribution in [0.4, 0.5) is 5.69 Å². The van der Waals surface area contributed by atoms with E-state index in [4.69, 9.17) is 23.2 Å². The van der Waals surface area contributed by atoms with Crippen LogP contribution in [0.3, 0.4) is 0 Å². The van der Waals surface area contributed by atoms with Crippen molar-refractivity contribution in [3.8, 4) is 0 Å². The lowest BCUT2D eigenvalue weighted by atomic mass is 10.1. The Morgan fingerprint density at radius 3 is 2.07 bits per heavy atom. The third-order valence-corrected chi connectivity index (χ3v) is 7.47. The molecular formula is C18H17Cl2N3O5S. The smallest absolute Gasteiger partial charge is 0.269 e. The van der Waals surface area contributed by atoms with Gasteiger partial charge in [0.1, 0.15) is 4.90 Å². The topological polar surface area (TPSA) is 101 Å². The van der Waals surface area contributed by atoms with Crippen molar-refractivity contribution in [2.75, 3.05) is 26.2 Å². The molecule has 154 valence electrons. The Morgan fingerprint density at radius 2 is 1.55 bits per heavy atom. The summed E-state index contributed by atoms with van der Waals surface area (Å²) in [6, 6.07) is 10.3. The fourth-order valence-electron chi connectivity index (χ4n) is 3.06. The number of nitro benzene ring substituents is 1. The number of rotatable bonds is 5. The van der Waals surface area contributed by atoms with Gasteiger partial charge in [-0.3, -0.25) is 14.9 Å². The summed E-state index contributed by atoms with van der Waals surface area (Å²) in [4.78, 5) is 24.1. The van der Waals surface area contributed by atoms with Crippen LogP contribution in [0.15, 0.2) is 47.4 Å². The maximum atomic E-state index is 12.9. The quantitative estimate of drug-likeness (QED) is 0.507. The van der Waals surface area contributed by atoms with Crippen LogP contribution < -0.4 is 0 Å². The number of carbonyl (C=O) groups excluding carboxylic acids is 1. The number of hydrogen-bond acceptors (Lipinski definition) is 5. The summed E-state index contributed by atoms with van der Waals surface area (Å²) in [5.41, 5.74) is 0.608. The van der Waals surface area contributed by atoms with Crippen LogP contribution in [0.2, 0.25) is 10.0 Å². The minimum atomic E-state index is -3.88. The van der Waals surface area contributed by atoms with E-state index in [1.165, 1.54) is 40.7 Å². The van der Waals surface area contributed by atoms with Gasteiger partial charge in [-0.05, 0) is 17.7 Å². The van der Waals surface area contributed by atoms with E-state index >= 15 is 0 Å². The van der Waals surface area contributed by atoms with Crippen LogP contribution in [0, 0.1) is 10.1 Å². The number of piperazine rings is 1. The van der Waals surface area contributed by atoms with Crippen molar-refractivity contribution in [2.24, 2.45) is 0 Å². The van der Waals surface area contributed by atoms with Crippen molar-refractivity contribution >= 4 is 44.8 Å². The number of halogens is 2. The van der Waals surface area contributed by atoms with Crippen molar-refractivity contribution in [1.82, 2.24) is 9.21 Å². The van der Waals surface area contributed by atoms with Gasteiger partial charge in [0.2, 0.25) is 15.9 Å². The summed E-state index contributed by atoms with van der Waals surface area (Å²) in [7, 11) is -3.88. The van der Waals surface area contributed by atoms with Crippen LogP contribution >= 0.6 is 23.2 Å². The first-order valence-corrected chi connectivity index (χ1v) is 10.8. The van der Waals surface area contributed by atoms with Gasteiger partial charge in [-0.15, -0.1) is 0 Å². The molecule has 29 heavy (non-hydrogen) atoms. The molecule has 0 bridgehead atoms. The maximum absolute atomic E-state index is 12.9. The molecule has 1 amide bonds. The number of nitrogens with zero attached hydrogens (tertiary/aromatic N) is 3. The standard InChI is InChI=1S/C18H17Cl2N3O5S/c19-15-2-1-3-16(20)18(15)29(27,28)22-10-8-21(9-11-22)17(24)12-13-4-6-14(7-5-13)23(25)26/h1-7H,8-12H2. The van der Waals surface area contributed by atoms with E-state index in [-0.39, 0.29) is 59.1 Å². The summed E-state index contributed by atoms with van der Waals surface area (Å²) in [6.07, 6.45) is 0.0844. The summed E-state index contributed by atoms with van der Waals surface area (Å²) in [5, 5.41) is 10.8. The Hall–Kier alpha value is -2.20. The second-order valence-electron chi connectivity index (χ2n) is 6.44. The molecule has 1 aliphatic rings. The molecular weight excluding hydrogens is 441 g/mol. The summed E-state index contributed by atoms with van der Waals surface area (Å²) in [6.45, 7) is 0.700.